The molecule has 9 heteroatoms. The summed E-state index contributed by atoms with van der Waals surface area (Å²) in [7, 11) is 0. The Bertz CT molecular complexity index is 1050. The first-order chi connectivity index (χ1) is 13.6. The predicted molar refractivity (Wildman–Crippen MR) is 108 cm³/mol. The number of nitrogens with one attached hydrogen (secondary N) is 1. The fourth-order valence-corrected chi connectivity index (χ4v) is 3.09. The van der Waals surface area contributed by atoms with Crippen LogP contribution < -0.4 is 10.2 Å². The second kappa shape index (κ2) is 8.75. The van der Waals surface area contributed by atoms with E-state index < -0.39 is 4.92 Å². The van der Waals surface area contributed by atoms with Crippen LogP contribution in [-0.2, 0) is 0 Å². The molecule has 28 heavy (non-hydrogen) atoms. The highest BCUT2D eigenvalue weighted by Crippen LogP contribution is 2.25. The third-order valence-electron chi connectivity index (χ3n) is 3.63. The lowest BCUT2D eigenvalue weighted by Gasteiger charge is -2.04. The molecule has 0 atom stereocenters. The van der Waals surface area contributed by atoms with Gasteiger partial charge < -0.3 is 4.74 Å². The molecule has 3 rings (SSSR count). The summed E-state index contributed by atoms with van der Waals surface area (Å²) in [4.78, 5) is 14.9. The van der Waals surface area contributed by atoms with Gasteiger partial charge in [-0.1, -0.05) is 12.1 Å². The monoisotopic (exact) mass is 393 g/mol. The van der Waals surface area contributed by atoms with Crippen molar-refractivity contribution in [1.29, 1.82) is 5.26 Å². The molecule has 1 N–H and O–H groups in total. The van der Waals surface area contributed by atoms with Crippen molar-refractivity contribution in [1.82, 2.24) is 4.98 Å². The summed E-state index contributed by atoms with van der Waals surface area (Å²) < 4.78 is 5.38. The summed E-state index contributed by atoms with van der Waals surface area (Å²) in [6.07, 6.45) is 0. The minimum atomic E-state index is -0.459. The second-order valence-electron chi connectivity index (χ2n) is 5.49. The lowest BCUT2D eigenvalue weighted by Crippen LogP contribution is -2.01. The van der Waals surface area contributed by atoms with Crippen molar-refractivity contribution in [2.75, 3.05) is 12.0 Å². The van der Waals surface area contributed by atoms with Gasteiger partial charge in [-0.25, -0.2) is 4.98 Å². The average Bonchev–Trinajstić information content (AvgIpc) is 3.20. The van der Waals surface area contributed by atoms with Crippen LogP contribution in [0.15, 0.2) is 59.0 Å². The number of nitriles is 1. The standard InChI is InChI=1S/C19H15N5O3S/c1-2-27-16-8-6-14(7-9-16)22-23-17(11-20)19-21-18(12-28-19)13-4-3-5-15(10-13)24(25)26/h3-10,12,22H,2H2,1H3/b23-17-. The molecule has 140 valence electrons. The quantitative estimate of drug-likeness (QED) is 0.360. The van der Waals surface area contributed by atoms with E-state index in [1.165, 1.54) is 23.5 Å². The third kappa shape index (κ3) is 4.49. The van der Waals surface area contributed by atoms with Crippen LogP contribution in [-0.4, -0.2) is 22.2 Å². The third-order valence-corrected chi connectivity index (χ3v) is 4.48. The first kappa shape index (κ1) is 19.0. The van der Waals surface area contributed by atoms with Crippen molar-refractivity contribution in [3.05, 3.63) is 69.0 Å². The normalized spacial score (nSPS) is 10.9. The lowest BCUT2D eigenvalue weighted by molar-refractivity contribution is -0.384. The van der Waals surface area contributed by atoms with Crippen LogP contribution in [0.3, 0.4) is 0 Å². The number of hydrazone groups is 1. The lowest BCUT2D eigenvalue weighted by atomic mass is 10.1. The number of ether oxygens (including phenoxy) is 1. The fourth-order valence-electron chi connectivity index (χ4n) is 2.33. The van der Waals surface area contributed by atoms with E-state index in [0.29, 0.717) is 28.6 Å². The first-order valence-corrected chi connectivity index (χ1v) is 9.16. The van der Waals surface area contributed by atoms with E-state index in [2.05, 4.69) is 15.5 Å². The Balaban J connectivity index is 1.78. The zero-order valence-corrected chi connectivity index (χ0v) is 15.6. The Hall–Kier alpha value is -3.77. The summed E-state index contributed by atoms with van der Waals surface area (Å²) in [5.41, 5.74) is 4.78. The zero-order chi connectivity index (χ0) is 19.9. The van der Waals surface area contributed by atoms with Gasteiger partial charge in [-0.15, -0.1) is 11.3 Å². The Morgan fingerprint density at radius 1 is 1.36 bits per heavy atom. The highest BCUT2D eigenvalue weighted by molar-refractivity contribution is 7.12. The summed E-state index contributed by atoms with van der Waals surface area (Å²) in [6.45, 7) is 2.49. The van der Waals surface area contributed by atoms with Crippen LogP contribution in [0.1, 0.15) is 11.9 Å². The van der Waals surface area contributed by atoms with E-state index in [1.54, 1.807) is 41.8 Å². The van der Waals surface area contributed by atoms with Crippen molar-refractivity contribution in [3.63, 3.8) is 0 Å². The van der Waals surface area contributed by atoms with Gasteiger partial charge in [-0.3, -0.25) is 15.5 Å². The number of aromatic nitrogens is 1. The Morgan fingerprint density at radius 2 is 2.14 bits per heavy atom. The molecule has 0 saturated heterocycles. The van der Waals surface area contributed by atoms with Gasteiger partial charge in [0.1, 0.15) is 11.8 Å². The Morgan fingerprint density at radius 3 is 2.82 bits per heavy atom. The largest absolute Gasteiger partial charge is 0.494 e. The predicted octanol–water partition coefficient (Wildman–Crippen LogP) is 4.46. The number of thiazole rings is 1. The van der Waals surface area contributed by atoms with Crippen LogP contribution >= 0.6 is 11.3 Å². The molecular weight excluding hydrogens is 378 g/mol. The molecule has 0 bridgehead atoms. The van der Waals surface area contributed by atoms with E-state index in [-0.39, 0.29) is 11.4 Å². The molecule has 1 heterocycles. The smallest absolute Gasteiger partial charge is 0.270 e. The van der Waals surface area contributed by atoms with Gasteiger partial charge in [0.2, 0.25) is 0 Å². The van der Waals surface area contributed by atoms with Crippen molar-refractivity contribution in [2.24, 2.45) is 5.10 Å². The number of anilines is 1. The van der Waals surface area contributed by atoms with Crippen LogP contribution in [0.5, 0.6) is 5.75 Å². The Labute approximate surface area is 164 Å². The molecule has 0 spiro atoms. The molecular formula is C19H15N5O3S. The molecule has 0 aliphatic heterocycles. The molecule has 0 radical (unpaired) electrons. The molecule has 0 aliphatic rings. The van der Waals surface area contributed by atoms with Crippen LogP contribution in [0.2, 0.25) is 0 Å². The fraction of sp³-hybridized carbons (Fsp3) is 0.105. The SMILES string of the molecule is CCOc1ccc(N/N=C(/C#N)c2nc(-c3cccc([N+](=O)[O-])c3)cs2)cc1. The number of nitro groups is 1. The topological polar surface area (TPSA) is 113 Å². The van der Waals surface area contributed by atoms with Crippen molar-refractivity contribution in [3.8, 4) is 23.1 Å². The van der Waals surface area contributed by atoms with E-state index in [9.17, 15) is 15.4 Å². The van der Waals surface area contributed by atoms with Gasteiger partial charge in [0.05, 0.1) is 22.9 Å². The van der Waals surface area contributed by atoms with Crippen LogP contribution in [0.4, 0.5) is 11.4 Å². The molecule has 2 aromatic carbocycles. The van der Waals surface area contributed by atoms with Crippen molar-refractivity contribution in [2.45, 2.75) is 6.92 Å². The molecule has 1 aromatic heterocycles. The molecule has 8 nitrogen and oxygen atoms in total. The minimum Gasteiger partial charge on any atom is -0.494 e. The maximum atomic E-state index is 10.9. The maximum absolute atomic E-state index is 10.9. The summed E-state index contributed by atoms with van der Waals surface area (Å²) in [6, 6.07) is 15.4. The van der Waals surface area contributed by atoms with Crippen molar-refractivity contribution < 1.29 is 9.66 Å². The first-order valence-electron chi connectivity index (χ1n) is 8.28. The number of nitro benzene ring substituents is 1. The summed E-state index contributed by atoms with van der Waals surface area (Å²) >= 11 is 1.24. The number of hydrogen-bond donors (Lipinski definition) is 1. The highest BCUT2D eigenvalue weighted by Gasteiger charge is 2.13. The summed E-state index contributed by atoms with van der Waals surface area (Å²) in [5.74, 6) is 0.749. The molecule has 0 amide bonds. The maximum Gasteiger partial charge on any atom is 0.270 e. The van der Waals surface area contributed by atoms with Gasteiger partial charge >= 0.3 is 0 Å². The number of nitrogens with zero attached hydrogens (tertiary/aromatic N) is 4. The van der Waals surface area contributed by atoms with E-state index in [1.807, 2.05) is 13.0 Å². The van der Waals surface area contributed by atoms with Gasteiger partial charge in [0, 0.05) is 23.1 Å². The van der Waals surface area contributed by atoms with E-state index >= 15 is 0 Å². The van der Waals surface area contributed by atoms with Crippen LogP contribution in [0, 0.1) is 21.4 Å². The number of benzene rings is 2. The number of non-ortho nitro benzene ring substituents is 1. The van der Waals surface area contributed by atoms with E-state index in [4.69, 9.17) is 4.74 Å². The number of rotatable bonds is 7. The van der Waals surface area contributed by atoms with Gasteiger partial charge in [-0.2, -0.15) is 10.4 Å². The Kier molecular flexibility index (Phi) is 5.94. The second-order valence-corrected chi connectivity index (χ2v) is 6.34. The highest BCUT2D eigenvalue weighted by atomic mass is 32.1. The number of hydrogen-bond acceptors (Lipinski definition) is 8. The van der Waals surface area contributed by atoms with Gasteiger partial charge in [-0.05, 0) is 31.2 Å². The molecule has 3 aromatic rings. The van der Waals surface area contributed by atoms with E-state index in [0.717, 1.165) is 5.75 Å². The average molecular weight is 393 g/mol. The molecule has 0 unspecified atom stereocenters. The van der Waals surface area contributed by atoms with Crippen molar-refractivity contribution >= 4 is 28.4 Å². The minimum absolute atomic E-state index is 0.0154. The molecule has 0 fully saturated rings. The van der Waals surface area contributed by atoms with Gasteiger partial charge in [0.25, 0.3) is 5.69 Å². The summed E-state index contributed by atoms with van der Waals surface area (Å²) in [5, 5.41) is 26.6. The zero-order valence-electron chi connectivity index (χ0n) is 14.8. The molecule has 0 saturated carbocycles. The molecule has 0 aliphatic carbocycles. The van der Waals surface area contributed by atoms with Crippen LogP contribution in [0.25, 0.3) is 11.3 Å². The van der Waals surface area contributed by atoms with Gasteiger partial charge in [0.15, 0.2) is 10.7 Å².